The van der Waals surface area contributed by atoms with E-state index in [1.165, 1.54) is 12.1 Å². The van der Waals surface area contributed by atoms with Gasteiger partial charge in [0.15, 0.2) is 0 Å². The molecule has 3 rings (SSSR count). The van der Waals surface area contributed by atoms with Crippen molar-refractivity contribution in [3.63, 3.8) is 0 Å². The van der Waals surface area contributed by atoms with Crippen molar-refractivity contribution >= 4 is 21.6 Å². The van der Waals surface area contributed by atoms with Crippen LogP contribution in [0.2, 0.25) is 0 Å². The minimum atomic E-state index is -3.69. The molecular weight excluding hydrogens is 362 g/mol. The highest BCUT2D eigenvalue weighted by Crippen LogP contribution is 2.19. The van der Waals surface area contributed by atoms with Gasteiger partial charge in [0, 0.05) is 30.4 Å². The molecular formula is C20H25N3O3S. The quantitative estimate of drug-likeness (QED) is 0.827. The van der Waals surface area contributed by atoms with Gasteiger partial charge in [0.25, 0.3) is 15.9 Å². The molecule has 1 aliphatic rings. The molecule has 2 N–H and O–H groups in total. The topological polar surface area (TPSA) is 78.5 Å². The fraction of sp³-hybridized carbons (Fsp3) is 0.350. The van der Waals surface area contributed by atoms with Gasteiger partial charge in [-0.05, 0) is 63.2 Å². The van der Waals surface area contributed by atoms with Crippen molar-refractivity contribution in [3.8, 4) is 0 Å². The van der Waals surface area contributed by atoms with Crippen LogP contribution in [0, 0.1) is 6.92 Å². The number of anilines is 1. The van der Waals surface area contributed by atoms with E-state index in [1.54, 1.807) is 24.3 Å². The van der Waals surface area contributed by atoms with Gasteiger partial charge in [-0.3, -0.25) is 9.52 Å². The molecule has 0 radical (unpaired) electrons. The van der Waals surface area contributed by atoms with Crippen molar-refractivity contribution < 1.29 is 13.2 Å². The maximum atomic E-state index is 12.6. The lowest BCUT2D eigenvalue weighted by Gasteiger charge is -2.31. The van der Waals surface area contributed by atoms with Gasteiger partial charge in [0.2, 0.25) is 0 Å². The molecule has 7 heteroatoms. The van der Waals surface area contributed by atoms with Crippen LogP contribution < -0.4 is 10.0 Å². The highest BCUT2D eigenvalue weighted by Gasteiger charge is 2.23. The highest BCUT2D eigenvalue weighted by molar-refractivity contribution is 7.92. The first-order chi connectivity index (χ1) is 12.9. The molecule has 0 unspecified atom stereocenters. The predicted molar refractivity (Wildman–Crippen MR) is 106 cm³/mol. The molecule has 144 valence electrons. The van der Waals surface area contributed by atoms with Crippen molar-refractivity contribution in [2.24, 2.45) is 0 Å². The summed E-state index contributed by atoms with van der Waals surface area (Å²) in [5.74, 6) is -0.0556. The van der Waals surface area contributed by atoms with Gasteiger partial charge in [0.1, 0.15) is 0 Å². The third-order valence-electron chi connectivity index (χ3n) is 4.91. The summed E-state index contributed by atoms with van der Waals surface area (Å²) < 4.78 is 27.6. The third-order valence-corrected chi connectivity index (χ3v) is 6.30. The number of benzene rings is 2. The Morgan fingerprint density at radius 1 is 1.00 bits per heavy atom. The second-order valence-corrected chi connectivity index (χ2v) is 8.53. The van der Waals surface area contributed by atoms with Gasteiger partial charge in [-0.2, -0.15) is 0 Å². The average molecular weight is 388 g/mol. The summed E-state index contributed by atoms with van der Waals surface area (Å²) in [4.78, 5) is 14.6. The Balaban J connectivity index is 1.69. The Morgan fingerprint density at radius 2 is 1.59 bits per heavy atom. The Hall–Kier alpha value is -2.38. The first-order valence-corrected chi connectivity index (χ1v) is 10.5. The fourth-order valence-corrected chi connectivity index (χ4v) is 4.22. The SMILES string of the molecule is CNC1CCN(C(=O)c2ccc(S(=O)(=O)Nc3ccc(C)cc3)cc2)CC1. The third kappa shape index (κ3) is 4.67. The Labute approximate surface area is 160 Å². The summed E-state index contributed by atoms with van der Waals surface area (Å²) in [6, 6.07) is 13.7. The number of likely N-dealkylation sites (tertiary alicyclic amines) is 1. The highest BCUT2D eigenvalue weighted by atomic mass is 32.2. The van der Waals surface area contributed by atoms with Crippen molar-refractivity contribution in [2.45, 2.75) is 30.7 Å². The van der Waals surface area contributed by atoms with Crippen LogP contribution in [0.3, 0.4) is 0 Å². The van der Waals surface area contributed by atoms with Crippen molar-refractivity contribution in [1.82, 2.24) is 10.2 Å². The minimum absolute atomic E-state index is 0.0556. The molecule has 1 fully saturated rings. The summed E-state index contributed by atoms with van der Waals surface area (Å²) in [5, 5.41) is 3.24. The molecule has 0 aromatic heterocycles. The van der Waals surface area contributed by atoms with Crippen LogP contribution in [0.5, 0.6) is 0 Å². The average Bonchev–Trinajstić information content (AvgIpc) is 2.69. The number of piperidine rings is 1. The lowest BCUT2D eigenvalue weighted by atomic mass is 10.0. The van der Waals surface area contributed by atoms with Crippen LogP contribution in [-0.4, -0.2) is 45.4 Å². The zero-order valence-corrected chi connectivity index (χ0v) is 16.4. The van der Waals surface area contributed by atoms with Crippen LogP contribution in [0.25, 0.3) is 0 Å². The number of hydrogen-bond donors (Lipinski definition) is 2. The molecule has 0 bridgehead atoms. The van der Waals surface area contributed by atoms with Crippen LogP contribution in [0.1, 0.15) is 28.8 Å². The number of carbonyl (C=O) groups is 1. The molecule has 27 heavy (non-hydrogen) atoms. The molecule has 0 aliphatic carbocycles. The van der Waals surface area contributed by atoms with Crippen molar-refractivity contribution in [3.05, 3.63) is 59.7 Å². The van der Waals surface area contributed by atoms with Crippen LogP contribution >= 0.6 is 0 Å². The summed E-state index contributed by atoms with van der Waals surface area (Å²) in [7, 11) is -1.75. The van der Waals surface area contributed by atoms with E-state index in [0.717, 1.165) is 18.4 Å². The van der Waals surface area contributed by atoms with Gasteiger partial charge in [0.05, 0.1) is 4.90 Å². The van der Waals surface area contributed by atoms with Crippen LogP contribution in [0.15, 0.2) is 53.4 Å². The lowest BCUT2D eigenvalue weighted by molar-refractivity contribution is 0.0707. The van der Waals surface area contributed by atoms with E-state index in [1.807, 2.05) is 31.0 Å². The van der Waals surface area contributed by atoms with Crippen molar-refractivity contribution in [2.75, 3.05) is 24.9 Å². The largest absolute Gasteiger partial charge is 0.339 e. The van der Waals surface area contributed by atoms with E-state index in [0.29, 0.717) is 30.4 Å². The standard InChI is InChI=1S/C20H25N3O3S/c1-15-3-7-18(8-4-15)22-27(25,26)19-9-5-16(6-10-19)20(24)23-13-11-17(21-2)12-14-23/h3-10,17,21-22H,11-14H2,1-2H3. The Bertz CT molecular complexity index is 885. The van der Waals surface area contributed by atoms with Crippen molar-refractivity contribution in [1.29, 1.82) is 0 Å². The number of nitrogens with zero attached hydrogens (tertiary/aromatic N) is 1. The lowest BCUT2D eigenvalue weighted by Crippen LogP contribution is -2.43. The zero-order chi connectivity index (χ0) is 19.4. The number of carbonyl (C=O) groups excluding carboxylic acids is 1. The normalized spacial score (nSPS) is 15.6. The minimum Gasteiger partial charge on any atom is -0.339 e. The molecule has 1 aliphatic heterocycles. The number of nitrogens with one attached hydrogen (secondary N) is 2. The van der Waals surface area contributed by atoms with Gasteiger partial charge < -0.3 is 10.2 Å². The second kappa shape index (κ2) is 8.10. The second-order valence-electron chi connectivity index (χ2n) is 6.85. The summed E-state index contributed by atoms with van der Waals surface area (Å²) in [5.41, 5.74) is 2.07. The van der Waals surface area contributed by atoms with Gasteiger partial charge >= 0.3 is 0 Å². The zero-order valence-electron chi connectivity index (χ0n) is 15.6. The van der Waals surface area contributed by atoms with Gasteiger partial charge in [-0.1, -0.05) is 17.7 Å². The molecule has 1 heterocycles. The van der Waals surface area contributed by atoms with E-state index >= 15 is 0 Å². The number of hydrogen-bond acceptors (Lipinski definition) is 4. The maximum absolute atomic E-state index is 12.6. The molecule has 0 atom stereocenters. The van der Waals surface area contributed by atoms with E-state index in [4.69, 9.17) is 0 Å². The molecule has 1 amide bonds. The van der Waals surface area contributed by atoms with Gasteiger partial charge in [-0.25, -0.2) is 8.42 Å². The van der Waals surface area contributed by atoms with Crippen LogP contribution in [0.4, 0.5) is 5.69 Å². The van der Waals surface area contributed by atoms with E-state index in [-0.39, 0.29) is 10.8 Å². The first kappa shape index (κ1) is 19.4. The Morgan fingerprint density at radius 3 is 2.15 bits per heavy atom. The molecule has 2 aromatic carbocycles. The van der Waals surface area contributed by atoms with Gasteiger partial charge in [-0.15, -0.1) is 0 Å². The maximum Gasteiger partial charge on any atom is 0.261 e. The molecule has 1 saturated heterocycles. The number of rotatable bonds is 5. The number of sulfonamides is 1. The van der Waals surface area contributed by atoms with E-state index in [2.05, 4.69) is 10.0 Å². The number of aryl methyl sites for hydroxylation is 1. The molecule has 0 spiro atoms. The monoisotopic (exact) mass is 387 g/mol. The summed E-state index contributed by atoms with van der Waals surface area (Å²) >= 11 is 0. The van der Waals surface area contributed by atoms with E-state index in [9.17, 15) is 13.2 Å². The van der Waals surface area contributed by atoms with Crippen LogP contribution in [-0.2, 0) is 10.0 Å². The smallest absolute Gasteiger partial charge is 0.261 e. The Kier molecular flexibility index (Phi) is 5.82. The molecule has 6 nitrogen and oxygen atoms in total. The fourth-order valence-electron chi connectivity index (χ4n) is 3.17. The summed E-state index contributed by atoms with van der Waals surface area (Å²) in [6.07, 6.45) is 1.85. The molecule has 2 aromatic rings. The summed E-state index contributed by atoms with van der Waals surface area (Å²) in [6.45, 7) is 3.36. The van der Waals surface area contributed by atoms with E-state index < -0.39 is 10.0 Å². The molecule has 0 saturated carbocycles. The first-order valence-electron chi connectivity index (χ1n) is 9.05. The predicted octanol–water partition coefficient (Wildman–Crippen LogP) is 2.62. The number of amides is 1.